The SMILES string of the molecule is COCCc1ccc(OCCC(C)CCS)cc1. The molecule has 0 aromatic heterocycles. The van der Waals surface area contributed by atoms with E-state index in [1.54, 1.807) is 7.11 Å². The minimum atomic E-state index is 0.684. The Morgan fingerprint density at radius 3 is 2.44 bits per heavy atom. The number of methoxy groups -OCH3 is 1. The molecule has 1 aromatic rings. The first kappa shape index (κ1) is 15.4. The van der Waals surface area contributed by atoms with Crippen LogP contribution in [-0.2, 0) is 11.2 Å². The van der Waals surface area contributed by atoms with E-state index in [1.807, 2.05) is 12.1 Å². The third-order valence-corrected chi connectivity index (χ3v) is 3.28. The van der Waals surface area contributed by atoms with Gasteiger partial charge in [-0.2, -0.15) is 12.6 Å². The third-order valence-electron chi connectivity index (χ3n) is 3.02. The van der Waals surface area contributed by atoms with Crippen LogP contribution in [0, 0.1) is 5.92 Å². The van der Waals surface area contributed by atoms with Crippen LogP contribution in [0.25, 0.3) is 0 Å². The Bertz CT molecular complexity index is 311. The molecule has 0 heterocycles. The van der Waals surface area contributed by atoms with E-state index in [-0.39, 0.29) is 0 Å². The molecule has 1 unspecified atom stereocenters. The fourth-order valence-electron chi connectivity index (χ4n) is 1.71. The van der Waals surface area contributed by atoms with E-state index in [0.29, 0.717) is 5.92 Å². The molecule has 0 saturated carbocycles. The summed E-state index contributed by atoms with van der Waals surface area (Å²) in [6, 6.07) is 8.28. The summed E-state index contributed by atoms with van der Waals surface area (Å²) in [6.07, 6.45) is 3.20. The maximum atomic E-state index is 5.73. The Hall–Kier alpha value is -0.670. The van der Waals surface area contributed by atoms with Crippen molar-refractivity contribution >= 4 is 12.6 Å². The first-order chi connectivity index (χ1) is 8.76. The normalized spacial score (nSPS) is 12.4. The third kappa shape index (κ3) is 6.31. The molecule has 0 radical (unpaired) electrons. The molecule has 18 heavy (non-hydrogen) atoms. The molecular formula is C15H24O2S. The first-order valence-electron chi connectivity index (χ1n) is 6.57. The van der Waals surface area contributed by atoms with Crippen molar-refractivity contribution in [2.24, 2.45) is 5.92 Å². The highest BCUT2D eigenvalue weighted by atomic mass is 32.1. The monoisotopic (exact) mass is 268 g/mol. The van der Waals surface area contributed by atoms with Crippen molar-refractivity contribution in [3.63, 3.8) is 0 Å². The van der Waals surface area contributed by atoms with Crippen LogP contribution in [0.1, 0.15) is 25.3 Å². The molecule has 0 N–H and O–H groups in total. The summed E-state index contributed by atoms with van der Waals surface area (Å²) < 4.78 is 10.8. The van der Waals surface area contributed by atoms with Crippen LogP contribution >= 0.6 is 12.6 Å². The van der Waals surface area contributed by atoms with E-state index in [0.717, 1.165) is 44.0 Å². The number of thiol groups is 1. The topological polar surface area (TPSA) is 18.5 Å². The molecule has 0 aliphatic heterocycles. The van der Waals surface area contributed by atoms with Gasteiger partial charge >= 0.3 is 0 Å². The highest BCUT2D eigenvalue weighted by Gasteiger charge is 2.01. The predicted molar refractivity (Wildman–Crippen MR) is 79.8 cm³/mol. The second-order valence-corrected chi connectivity index (χ2v) is 5.09. The van der Waals surface area contributed by atoms with Gasteiger partial charge in [0.1, 0.15) is 5.75 Å². The molecule has 0 aliphatic carbocycles. The molecule has 0 bridgehead atoms. The summed E-state index contributed by atoms with van der Waals surface area (Å²) in [6.45, 7) is 3.79. The average Bonchev–Trinajstić information content (AvgIpc) is 2.38. The second-order valence-electron chi connectivity index (χ2n) is 4.64. The number of rotatable bonds is 9. The van der Waals surface area contributed by atoms with Crippen molar-refractivity contribution in [1.29, 1.82) is 0 Å². The lowest BCUT2D eigenvalue weighted by Crippen LogP contribution is -2.04. The highest BCUT2D eigenvalue weighted by Crippen LogP contribution is 2.15. The van der Waals surface area contributed by atoms with Crippen LogP contribution in [0.2, 0.25) is 0 Å². The lowest BCUT2D eigenvalue weighted by atomic mass is 10.1. The van der Waals surface area contributed by atoms with E-state index in [4.69, 9.17) is 9.47 Å². The van der Waals surface area contributed by atoms with Gasteiger partial charge in [0, 0.05) is 7.11 Å². The minimum absolute atomic E-state index is 0.684. The fraction of sp³-hybridized carbons (Fsp3) is 0.600. The number of hydrogen-bond acceptors (Lipinski definition) is 3. The molecule has 0 saturated heterocycles. The van der Waals surface area contributed by atoms with Crippen LogP contribution < -0.4 is 4.74 Å². The van der Waals surface area contributed by atoms with Gasteiger partial charge in [0.25, 0.3) is 0 Å². The maximum Gasteiger partial charge on any atom is 0.119 e. The largest absolute Gasteiger partial charge is 0.494 e. The molecule has 0 spiro atoms. The van der Waals surface area contributed by atoms with Gasteiger partial charge < -0.3 is 9.47 Å². The minimum Gasteiger partial charge on any atom is -0.494 e. The van der Waals surface area contributed by atoms with Crippen molar-refractivity contribution in [2.45, 2.75) is 26.2 Å². The maximum absolute atomic E-state index is 5.73. The lowest BCUT2D eigenvalue weighted by Gasteiger charge is -2.11. The van der Waals surface area contributed by atoms with E-state index < -0.39 is 0 Å². The van der Waals surface area contributed by atoms with Gasteiger partial charge in [0.05, 0.1) is 13.2 Å². The van der Waals surface area contributed by atoms with Gasteiger partial charge in [-0.25, -0.2) is 0 Å². The van der Waals surface area contributed by atoms with Crippen molar-refractivity contribution in [3.8, 4) is 5.75 Å². The molecule has 0 amide bonds. The Balaban J connectivity index is 2.26. The highest BCUT2D eigenvalue weighted by molar-refractivity contribution is 7.80. The van der Waals surface area contributed by atoms with Crippen LogP contribution in [0.4, 0.5) is 0 Å². The summed E-state index contributed by atoms with van der Waals surface area (Å²) in [5.41, 5.74) is 1.28. The zero-order valence-corrected chi connectivity index (χ0v) is 12.3. The van der Waals surface area contributed by atoms with Crippen LogP contribution in [0.5, 0.6) is 5.75 Å². The molecule has 2 nitrogen and oxygen atoms in total. The van der Waals surface area contributed by atoms with Gasteiger partial charge in [-0.1, -0.05) is 19.1 Å². The van der Waals surface area contributed by atoms with E-state index >= 15 is 0 Å². The van der Waals surface area contributed by atoms with Gasteiger partial charge in [-0.3, -0.25) is 0 Å². The molecule has 102 valence electrons. The molecule has 1 atom stereocenters. The van der Waals surface area contributed by atoms with Crippen LogP contribution in [-0.4, -0.2) is 26.1 Å². The molecule has 0 aliphatic rings. The van der Waals surface area contributed by atoms with Gasteiger partial charge in [-0.15, -0.1) is 0 Å². The fourth-order valence-corrected chi connectivity index (χ4v) is 2.16. The summed E-state index contributed by atoms with van der Waals surface area (Å²) in [7, 11) is 1.73. The number of ether oxygens (including phenoxy) is 2. The van der Waals surface area contributed by atoms with Gasteiger partial charge in [-0.05, 0) is 48.6 Å². The smallest absolute Gasteiger partial charge is 0.119 e. The van der Waals surface area contributed by atoms with Gasteiger partial charge in [0.2, 0.25) is 0 Å². The van der Waals surface area contributed by atoms with Crippen LogP contribution in [0.15, 0.2) is 24.3 Å². The zero-order chi connectivity index (χ0) is 13.2. The number of benzene rings is 1. The van der Waals surface area contributed by atoms with E-state index in [2.05, 4.69) is 31.7 Å². The Morgan fingerprint density at radius 2 is 1.83 bits per heavy atom. The second kappa shape index (κ2) is 9.29. The summed E-state index contributed by atoms with van der Waals surface area (Å²) >= 11 is 4.24. The molecule has 1 aromatic carbocycles. The summed E-state index contributed by atoms with van der Waals surface area (Å²) in [5.74, 6) is 2.59. The summed E-state index contributed by atoms with van der Waals surface area (Å²) in [5, 5.41) is 0. The van der Waals surface area contributed by atoms with E-state index in [1.165, 1.54) is 5.56 Å². The zero-order valence-electron chi connectivity index (χ0n) is 11.4. The lowest BCUT2D eigenvalue weighted by molar-refractivity contribution is 0.202. The van der Waals surface area contributed by atoms with Crippen molar-refractivity contribution in [3.05, 3.63) is 29.8 Å². The molecule has 1 rings (SSSR count). The molecular weight excluding hydrogens is 244 g/mol. The quantitative estimate of drug-likeness (QED) is 0.690. The molecule has 3 heteroatoms. The Morgan fingerprint density at radius 1 is 1.11 bits per heavy atom. The Labute approximate surface area is 116 Å². The average molecular weight is 268 g/mol. The van der Waals surface area contributed by atoms with Crippen molar-refractivity contribution < 1.29 is 9.47 Å². The summed E-state index contributed by atoms with van der Waals surface area (Å²) in [4.78, 5) is 0. The number of hydrogen-bond donors (Lipinski definition) is 1. The first-order valence-corrected chi connectivity index (χ1v) is 7.21. The van der Waals surface area contributed by atoms with Crippen LogP contribution in [0.3, 0.4) is 0 Å². The standard InChI is InChI=1S/C15H24O2S/c1-13(9-12-18)7-11-17-15-5-3-14(4-6-15)8-10-16-2/h3-6,13,18H,7-12H2,1-2H3. The van der Waals surface area contributed by atoms with Gasteiger partial charge in [0.15, 0.2) is 0 Å². The van der Waals surface area contributed by atoms with Crippen molar-refractivity contribution in [2.75, 3.05) is 26.1 Å². The van der Waals surface area contributed by atoms with Crippen molar-refractivity contribution in [1.82, 2.24) is 0 Å². The Kier molecular flexibility index (Phi) is 7.94. The predicted octanol–water partition coefficient (Wildman–Crippen LogP) is 3.60. The molecule has 0 fully saturated rings. The van der Waals surface area contributed by atoms with E-state index in [9.17, 15) is 0 Å².